The fourth-order valence-corrected chi connectivity index (χ4v) is 2.10. The van der Waals surface area contributed by atoms with Crippen LogP contribution in [-0.2, 0) is 11.2 Å². The van der Waals surface area contributed by atoms with E-state index in [9.17, 15) is 4.79 Å². The van der Waals surface area contributed by atoms with Crippen LogP contribution >= 0.6 is 11.8 Å². The number of thioether (sulfide) groups is 1. The summed E-state index contributed by atoms with van der Waals surface area (Å²) in [6.07, 6.45) is 2.21. The van der Waals surface area contributed by atoms with Crippen LogP contribution in [0.4, 0.5) is 0 Å². The summed E-state index contributed by atoms with van der Waals surface area (Å²) in [5, 5.41) is 11.8. The molecule has 0 heterocycles. The largest absolute Gasteiger partial charge is 0.481 e. The number of hydrogen-bond donors (Lipinski definition) is 2. The Morgan fingerprint density at radius 2 is 2.00 bits per heavy atom. The van der Waals surface area contributed by atoms with Crippen LogP contribution in [0.3, 0.4) is 0 Å². The van der Waals surface area contributed by atoms with Crippen LogP contribution < -0.4 is 5.32 Å². The Balaban J connectivity index is 1.90. The molecule has 94 valence electrons. The molecule has 0 aliphatic rings. The summed E-state index contributed by atoms with van der Waals surface area (Å²) in [6, 6.07) is 10.4. The highest BCUT2D eigenvalue weighted by atomic mass is 32.2. The van der Waals surface area contributed by atoms with Crippen molar-refractivity contribution in [2.75, 3.05) is 24.6 Å². The van der Waals surface area contributed by atoms with Gasteiger partial charge in [-0.25, -0.2) is 0 Å². The third-order valence-electron chi connectivity index (χ3n) is 2.31. The molecule has 0 atom stereocenters. The number of aliphatic carboxylic acids is 1. The fraction of sp³-hybridized carbons (Fsp3) is 0.462. The molecular weight excluding hydrogens is 234 g/mol. The molecule has 4 heteroatoms. The Kier molecular flexibility index (Phi) is 7.51. The van der Waals surface area contributed by atoms with Crippen molar-refractivity contribution < 1.29 is 9.90 Å². The fourth-order valence-electron chi connectivity index (χ4n) is 1.49. The minimum absolute atomic E-state index is 0.200. The molecule has 1 aromatic carbocycles. The lowest BCUT2D eigenvalue weighted by Crippen LogP contribution is -2.19. The number of carbonyl (C=O) groups is 1. The molecule has 0 aromatic heterocycles. The molecular formula is C13H19NO2S. The summed E-state index contributed by atoms with van der Waals surface area (Å²) >= 11 is 1.45. The van der Waals surface area contributed by atoms with E-state index in [0.717, 1.165) is 31.7 Å². The number of aryl methyl sites for hydroxylation is 1. The van der Waals surface area contributed by atoms with Crippen LogP contribution in [0.15, 0.2) is 30.3 Å². The number of benzene rings is 1. The maximum atomic E-state index is 10.3. The Morgan fingerprint density at radius 3 is 2.71 bits per heavy atom. The molecule has 0 unspecified atom stereocenters. The zero-order valence-corrected chi connectivity index (χ0v) is 10.7. The van der Waals surface area contributed by atoms with Crippen molar-refractivity contribution in [3.05, 3.63) is 35.9 Å². The van der Waals surface area contributed by atoms with Gasteiger partial charge >= 0.3 is 5.97 Å². The van der Waals surface area contributed by atoms with Crippen molar-refractivity contribution in [3.63, 3.8) is 0 Å². The number of carboxylic acid groups (broad SMARTS) is 1. The van der Waals surface area contributed by atoms with E-state index in [1.165, 1.54) is 17.3 Å². The number of rotatable bonds is 9. The van der Waals surface area contributed by atoms with Gasteiger partial charge in [0.05, 0.1) is 5.75 Å². The molecule has 0 aliphatic heterocycles. The Bertz CT molecular complexity index is 316. The molecule has 0 fully saturated rings. The third kappa shape index (κ3) is 7.82. The molecule has 17 heavy (non-hydrogen) atoms. The van der Waals surface area contributed by atoms with E-state index >= 15 is 0 Å². The maximum Gasteiger partial charge on any atom is 0.313 e. The molecule has 0 saturated heterocycles. The van der Waals surface area contributed by atoms with Crippen molar-refractivity contribution in [2.45, 2.75) is 12.8 Å². The highest BCUT2D eigenvalue weighted by molar-refractivity contribution is 7.99. The first-order valence-electron chi connectivity index (χ1n) is 5.83. The van der Waals surface area contributed by atoms with Crippen molar-refractivity contribution in [3.8, 4) is 0 Å². The summed E-state index contributed by atoms with van der Waals surface area (Å²) in [5.41, 5.74) is 1.37. The van der Waals surface area contributed by atoms with E-state index in [4.69, 9.17) is 5.11 Å². The maximum absolute atomic E-state index is 10.3. The van der Waals surface area contributed by atoms with Gasteiger partial charge in [0, 0.05) is 12.3 Å². The average Bonchev–Trinajstić information content (AvgIpc) is 2.33. The zero-order chi connectivity index (χ0) is 12.3. The van der Waals surface area contributed by atoms with Crippen LogP contribution in [0.5, 0.6) is 0 Å². The standard InChI is InChI=1S/C13H19NO2S/c15-13(16)11-17-10-9-14-8-4-7-12-5-2-1-3-6-12/h1-3,5-6,14H,4,7-11H2,(H,15,16). The molecule has 0 bridgehead atoms. The number of carboxylic acids is 1. The summed E-state index contributed by atoms with van der Waals surface area (Å²) in [5.74, 6) is 0.322. The SMILES string of the molecule is O=C(O)CSCCNCCCc1ccccc1. The summed E-state index contributed by atoms with van der Waals surface area (Å²) in [4.78, 5) is 10.3. The molecule has 0 spiro atoms. The minimum Gasteiger partial charge on any atom is -0.481 e. The second-order valence-corrected chi connectivity index (χ2v) is 4.89. The van der Waals surface area contributed by atoms with Gasteiger partial charge in [-0.05, 0) is 24.9 Å². The van der Waals surface area contributed by atoms with Gasteiger partial charge in [0.1, 0.15) is 0 Å². The summed E-state index contributed by atoms with van der Waals surface area (Å²) < 4.78 is 0. The van der Waals surface area contributed by atoms with E-state index in [0.29, 0.717) is 0 Å². The van der Waals surface area contributed by atoms with Gasteiger partial charge in [-0.3, -0.25) is 4.79 Å². The van der Waals surface area contributed by atoms with Gasteiger partial charge in [-0.1, -0.05) is 30.3 Å². The van der Waals surface area contributed by atoms with Crippen molar-refractivity contribution in [1.29, 1.82) is 0 Å². The predicted molar refractivity (Wildman–Crippen MR) is 72.6 cm³/mol. The Labute approximate surface area is 107 Å². The summed E-state index contributed by atoms with van der Waals surface area (Å²) in [7, 11) is 0. The molecule has 3 nitrogen and oxygen atoms in total. The lowest BCUT2D eigenvalue weighted by molar-refractivity contribution is -0.133. The van der Waals surface area contributed by atoms with Crippen LogP contribution in [0.2, 0.25) is 0 Å². The van der Waals surface area contributed by atoms with Gasteiger partial charge in [-0.15, -0.1) is 11.8 Å². The average molecular weight is 253 g/mol. The molecule has 2 N–H and O–H groups in total. The molecule has 1 rings (SSSR count). The van der Waals surface area contributed by atoms with E-state index < -0.39 is 5.97 Å². The number of hydrogen-bond acceptors (Lipinski definition) is 3. The van der Waals surface area contributed by atoms with Crippen molar-refractivity contribution in [2.24, 2.45) is 0 Å². The molecule has 0 amide bonds. The Morgan fingerprint density at radius 1 is 1.24 bits per heavy atom. The third-order valence-corrected chi connectivity index (χ3v) is 3.25. The topological polar surface area (TPSA) is 49.3 Å². The van der Waals surface area contributed by atoms with Gasteiger partial charge in [-0.2, -0.15) is 0 Å². The van der Waals surface area contributed by atoms with Gasteiger partial charge < -0.3 is 10.4 Å². The van der Waals surface area contributed by atoms with Gasteiger partial charge in [0.25, 0.3) is 0 Å². The second-order valence-electron chi connectivity index (χ2n) is 3.79. The minimum atomic E-state index is -0.737. The second kappa shape index (κ2) is 9.07. The summed E-state index contributed by atoms with van der Waals surface area (Å²) in [6.45, 7) is 1.87. The Hall–Kier alpha value is -1.00. The van der Waals surface area contributed by atoms with Crippen LogP contribution in [0.25, 0.3) is 0 Å². The van der Waals surface area contributed by atoms with Crippen molar-refractivity contribution >= 4 is 17.7 Å². The van der Waals surface area contributed by atoms with E-state index in [1.54, 1.807) is 0 Å². The first kappa shape index (κ1) is 14.1. The highest BCUT2D eigenvalue weighted by Gasteiger charge is 1.96. The lowest BCUT2D eigenvalue weighted by atomic mass is 10.1. The molecule has 1 aromatic rings. The van der Waals surface area contributed by atoms with Crippen molar-refractivity contribution in [1.82, 2.24) is 5.32 Å². The lowest BCUT2D eigenvalue weighted by Gasteiger charge is -2.04. The van der Waals surface area contributed by atoms with E-state index in [1.807, 2.05) is 6.07 Å². The van der Waals surface area contributed by atoms with Gasteiger partial charge in [0.15, 0.2) is 0 Å². The highest BCUT2D eigenvalue weighted by Crippen LogP contribution is 2.01. The monoisotopic (exact) mass is 253 g/mol. The van der Waals surface area contributed by atoms with Crippen LogP contribution in [0, 0.1) is 0 Å². The smallest absolute Gasteiger partial charge is 0.313 e. The molecule has 0 radical (unpaired) electrons. The molecule has 0 aliphatic carbocycles. The normalized spacial score (nSPS) is 10.4. The first-order valence-corrected chi connectivity index (χ1v) is 6.98. The van der Waals surface area contributed by atoms with Crippen LogP contribution in [-0.4, -0.2) is 35.7 Å². The quantitative estimate of drug-likeness (QED) is 0.661. The van der Waals surface area contributed by atoms with Crippen LogP contribution in [0.1, 0.15) is 12.0 Å². The first-order chi connectivity index (χ1) is 8.29. The van der Waals surface area contributed by atoms with E-state index in [2.05, 4.69) is 29.6 Å². The zero-order valence-electron chi connectivity index (χ0n) is 9.89. The van der Waals surface area contributed by atoms with Gasteiger partial charge in [0.2, 0.25) is 0 Å². The molecule has 0 saturated carbocycles. The number of nitrogens with one attached hydrogen (secondary N) is 1. The van der Waals surface area contributed by atoms with E-state index in [-0.39, 0.29) is 5.75 Å². The predicted octanol–water partition coefficient (Wildman–Crippen LogP) is 2.03.